The van der Waals surface area contributed by atoms with Crippen LogP contribution in [-0.4, -0.2) is 60.6 Å². The van der Waals surface area contributed by atoms with E-state index in [0.29, 0.717) is 6.04 Å². The van der Waals surface area contributed by atoms with E-state index >= 15 is 0 Å². The van der Waals surface area contributed by atoms with E-state index in [4.69, 9.17) is 4.74 Å². The lowest BCUT2D eigenvalue weighted by molar-refractivity contribution is -0.139. The molecule has 4 heteroatoms. The van der Waals surface area contributed by atoms with E-state index in [1.807, 2.05) is 18.7 Å². The summed E-state index contributed by atoms with van der Waals surface area (Å²) in [6.07, 6.45) is 5.17. The third-order valence-electron chi connectivity index (χ3n) is 5.40. The van der Waals surface area contributed by atoms with Crippen LogP contribution in [0.5, 0.6) is 0 Å². The maximum Gasteiger partial charge on any atom is 0.248 e. The second-order valence-corrected chi connectivity index (χ2v) is 7.55. The van der Waals surface area contributed by atoms with Crippen LogP contribution < -0.4 is 0 Å². The van der Waals surface area contributed by atoms with E-state index in [2.05, 4.69) is 18.7 Å². The van der Waals surface area contributed by atoms with E-state index in [-0.39, 0.29) is 18.6 Å². The number of ether oxygens (including phenoxy) is 1. The predicted molar refractivity (Wildman–Crippen MR) is 89.8 cm³/mol. The fourth-order valence-electron chi connectivity index (χ4n) is 3.86. The lowest BCUT2D eigenvalue weighted by Gasteiger charge is -2.41. The molecule has 22 heavy (non-hydrogen) atoms. The predicted octanol–water partition coefficient (Wildman–Crippen LogP) is 2.77. The molecule has 1 amide bonds. The molecule has 2 aliphatic rings. The Labute approximate surface area is 136 Å². The molecular weight excluding hydrogens is 276 g/mol. The maximum atomic E-state index is 12.1. The first-order valence-corrected chi connectivity index (χ1v) is 9.10. The molecule has 0 N–H and O–H groups in total. The highest BCUT2D eigenvalue weighted by Gasteiger charge is 2.31. The van der Waals surface area contributed by atoms with Gasteiger partial charge in [0.2, 0.25) is 5.91 Å². The normalized spacial score (nSPS) is 22.7. The van der Waals surface area contributed by atoms with Gasteiger partial charge in [-0.15, -0.1) is 0 Å². The maximum absolute atomic E-state index is 12.1. The minimum atomic E-state index is 0.132. The largest absolute Gasteiger partial charge is 0.369 e. The number of carbonyl (C=O) groups is 1. The van der Waals surface area contributed by atoms with E-state index in [1.165, 1.54) is 38.8 Å². The molecule has 0 aromatic carbocycles. The molecule has 0 saturated carbocycles. The Hall–Kier alpha value is -0.610. The lowest BCUT2D eigenvalue weighted by atomic mass is 9.78. The van der Waals surface area contributed by atoms with Crippen LogP contribution in [0.25, 0.3) is 0 Å². The highest BCUT2D eigenvalue weighted by atomic mass is 16.5. The Morgan fingerprint density at radius 2 is 1.45 bits per heavy atom. The van der Waals surface area contributed by atoms with E-state index in [0.717, 1.165) is 24.9 Å². The molecular formula is C18H34N2O2. The van der Waals surface area contributed by atoms with Crippen molar-refractivity contribution in [1.29, 1.82) is 0 Å². The zero-order valence-corrected chi connectivity index (χ0v) is 14.9. The van der Waals surface area contributed by atoms with Crippen molar-refractivity contribution in [3.63, 3.8) is 0 Å². The number of rotatable bonds is 5. The van der Waals surface area contributed by atoms with E-state index in [9.17, 15) is 4.79 Å². The van der Waals surface area contributed by atoms with Gasteiger partial charge in [-0.25, -0.2) is 0 Å². The molecule has 0 spiro atoms. The quantitative estimate of drug-likeness (QED) is 0.783. The Morgan fingerprint density at radius 3 is 1.91 bits per heavy atom. The van der Waals surface area contributed by atoms with Crippen LogP contribution in [0.2, 0.25) is 0 Å². The number of carbonyl (C=O) groups excluding carboxylic acids is 1. The van der Waals surface area contributed by atoms with Crippen molar-refractivity contribution in [2.24, 2.45) is 11.8 Å². The molecule has 0 radical (unpaired) electrons. The number of piperidine rings is 2. The molecule has 0 aliphatic carbocycles. The second kappa shape index (κ2) is 8.30. The monoisotopic (exact) mass is 310 g/mol. The molecule has 0 unspecified atom stereocenters. The summed E-state index contributed by atoms with van der Waals surface area (Å²) in [5.74, 6) is 1.87. The zero-order chi connectivity index (χ0) is 16.1. The van der Waals surface area contributed by atoms with Crippen LogP contribution in [0.1, 0.15) is 53.4 Å². The van der Waals surface area contributed by atoms with Gasteiger partial charge in [0.25, 0.3) is 0 Å². The van der Waals surface area contributed by atoms with Crippen LogP contribution in [-0.2, 0) is 9.53 Å². The molecule has 2 aliphatic heterocycles. The van der Waals surface area contributed by atoms with Crippen molar-refractivity contribution in [3.8, 4) is 0 Å². The van der Waals surface area contributed by atoms with Crippen LogP contribution in [0.4, 0.5) is 0 Å². The fraction of sp³-hybridized carbons (Fsp3) is 0.944. The SMILES string of the molecule is CC(C)OCC(=O)N1CCC(C2CCN(C(C)C)CC2)CC1. The number of hydrogen-bond donors (Lipinski definition) is 0. The third kappa shape index (κ3) is 4.95. The minimum Gasteiger partial charge on any atom is -0.369 e. The third-order valence-corrected chi connectivity index (χ3v) is 5.40. The molecule has 2 fully saturated rings. The molecule has 0 aromatic rings. The first kappa shape index (κ1) is 17.7. The van der Waals surface area contributed by atoms with Crippen LogP contribution >= 0.6 is 0 Å². The molecule has 0 aromatic heterocycles. The topological polar surface area (TPSA) is 32.8 Å². The molecule has 2 heterocycles. The number of nitrogens with zero attached hydrogens (tertiary/aromatic N) is 2. The minimum absolute atomic E-state index is 0.132. The van der Waals surface area contributed by atoms with Crippen molar-refractivity contribution >= 4 is 5.91 Å². The van der Waals surface area contributed by atoms with Crippen molar-refractivity contribution in [3.05, 3.63) is 0 Å². The number of likely N-dealkylation sites (tertiary alicyclic amines) is 2. The van der Waals surface area contributed by atoms with Gasteiger partial charge in [-0.1, -0.05) is 0 Å². The summed E-state index contributed by atoms with van der Waals surface area (Å²) in [6, 6.07) is 0.682. The van der Waals surface area contributed by atoms with Crippen molar-refractivity contribution < 1.29 is 9.53 Å². The standard InChI is InChI=1S/C18H34N2O2/c1-14(2)19-9-5-16(6-10-19)17-7-11-20(12-8-17)18(21)13-22-15(3)4/h14-17H,5-13H2,1-4H3. The van der Waals surface area contributed by atoms with Gasteiger partial charge in [-0.2, -0.15) is 0 Å². The summed E-state index contributed by atoms with van der Waals surface area (Å²) in [5, 5.41) is 0. The summed E-state index contributed by atoms with van der Waals surface area (Å²) in [4.78, 5) is 16.7. The van der Waals surface area contributed by atoms with E-state index < -0.39 is 0 Å². The van der Waals surface area contributed by atoms with Gasteiger partial charge in [0, 0.05) is 19.1 Å². The van der Waals surface area contributed by atoms with Crippen molar-refractivity contribution in [2.45, 2.75) is 65.5 Å². The van der Waals surface area contributed by atoms with Crippen LogP contribution in [0.15, 0.2) is 0 Å². The zero-order valence-electron chi connectivity index (χ0n) is 14.9. The first-order chi connectivity index (χ1) is 10.5. The summed E-state index contributed by atoms with van der Waals surface area (Å²) >= 11 is 0. The Balaban J connectivity index is 1.70. The van der Waals surface area contributed by atoms with Gasteiger partial charge in [-0.05, 0) is 78.3 Å². The average Bonchev–Trinajstić information content (AvgIpc) is 2.53. The van der Waals surface area contributed by atoms with Crippen LogP contribution in [0.3, 0.4) is 0 Å². The van der Waals surface area contributed by atoms with Gasteiger partial charge >= 0.3 is 0 Å². The van der Waals surface area contributed by atoms with Crippen LogP contribution in [0, 0.1) is 11.8 Å². The average molecular weight is 310 g/mol. The molecule has 0 bridgehead atoms. The van der Waals surface area contributed by atoms with Gasteiger partial charge in [0.05, 0.1) is 6.10 Å². The Morgan fingerprint density at radius 1 is 0.955 bits per heavy atom. The molecule has 4 nitrogen and oxygen atoms in total. The number of hydrogen-bond acceptors (Lipinski definition) is 3. The molecule has 2 rings (SSSR count). The van der Waals surface area contributed by atoms with Gasteiger partial charge in [-0.3, -0.25) is 4.79 Å². The highest BCUT2D eigenvalue weighted by Crippen LogP contribution is 2.32. The Kier molecular flexibility index (Phi) is 6.69. The van der Waals surface area contributed by atoms with Crippen molar-refractivity contribution in [1.82, 2.24) is 9.80 Å². The molecule has 2 saturated heterocycles. The van der Waals surface area contributed by atoms with Gasteiger partial charge in [0.15, 0.2) is 0 Å². The van der Waals surface area contributed by atoms with E-state index in [1.54, 1.807) is 0 Å². The fourth-order valence-corrected chi connectivity index (χ4v) is 3.86. The smallest absolute Gasteiger partial charge is 0.248 e. The van der Waals surface area contributed by atoms with Gasteiger partial charge < -0.3 is 14.5 Å². The van der Waals surface area contributed by atoms with Gasteiger partial charge in [0.1, 0.15) is 6.61 Å². The second-order valence-electron chi connectivity index (χ2n) is 7.55. The summed E-state index contributed by atoms with van der Waals surface area (Å²) in [7, 11) is 0. The van der Waals surface area contributed by atoms with Crippen molar-refractivity contribution in [2.75, 3.05) is 32.8 Å². The highest BCUT2D eigenvalue weighted by molar-refractivity contribution is 5.77. The first-order valence-electron chi connectivity index (χ1n) is 9.10. The number of amides is 1. The Bertz CT molecular complexity index is 341. The lowest BCUT2D eigenvalue weighted by Crippen LogP contribution is -2.45. The summed E-state index contributed by atoms with van der Waals surface area (Å²) < 4.78 is 5.44. The molecule has 0 atom stereocenters. The molecule has 128 valence electrons. The summed E-state index contributed by atoms with van der Waals surface area (Å²) in [5.41, 5.74) is 0. The summed E-state index contributed by atoms with van der Waals surface area (Å²) in [6.45, 7) is 13.1.